The first-order valence-electron chi connectivity index (χ1n) is 8.83. The van der Waals surface area contributed by atoms with Crippen LogP contribution in [-0.2, 0) is 0 Å². The number of rotatable bonds is 6. The SMILES string of the molecule is CCNCC1(CN2CCN(CC)CC2)CCC(C)CC1. The molecule has 1 aliphatic carbocycles. The lowest BCUT2D eigenvalue weighted by molar-refractivity contribution is 0.0550. The Kier molecular flexibility index (Phi) is 6.31. The van der Waals surface area contributed by atoms with Gasteiger partial charge in [-0.15, -0.1) is 0 Å². The minimum atomic E-state index is 0.552. The van der Waals surface area contributed by atoms with Crippen LogP contribution < -0.4 is 5.32 Å². The Morgan fingerprint density at radius 2 is 1.60 bits per heavy atom. The predicted molar refractivity (Wildman–Crippen MR) is 87.2 cm³/mol. The molecule has 2 aliphatic rings. The van der Waals surface area contributed by atoms with Crippen molar-refractivity contribution in [3.05, 3.63) is 0 Å². The van der Waals surface area contributed by atoms with Crippen molar-refractivity contribution in [2.45, 2.75) is 46.5 Å². The molecule has 1 N–H and O–H groups in total. The lowest BCUT2D eigenvalue weighted by Crippen LogP contribution is -2.52. The van der Waals surface area contributed by atoms with E-state index in [9.17, 15) is 0 Å². The molecule has 1 heterocycles. The summed E-state index contributed by atoms with van der Waals surface area (Å²) in [7, 11) is 0. The van der Waals surface area contributed by atoms with E-state index in [1.165, 1.54) is 71.5 Å². The van der Waals surface area contributed by atoms with E-state index in [4.69, 9.17) is 0 Å². The highest BCUT2D eigenvalue weighted by molar-refractivity contribution is 4.90. The fourth-order valence-electron chi connectivity index (χ4n) is 3.89. The van der Waals surface area contributed by atoms with E-state index in [2.05, 4.69) is 35.9 Å². The van der Waals surface area contributed by atoms with Crippen molar-refractivity contribution in [2.24, 2.45) is 11.3 Å². The topological polar surface area (TPSA) is 18.5 Å². The van der Waals surface area contributed by atoms with E-state index in [1.807, 2.05) is 0 Å². The Labute approximate surface area is 126 Å². The van der Waals surface area contributed by atoms with E-state index < -0.39 is 0 Å². The van der Waals surface area contributed by atoms with E-state index in [0.29, 0.717) is 5.41 Å². The number of hydrogen-bond acceptors (Lipinski definition) is 3. The summed E-state index contributed by atoms with van der Waals surface area (Å²) < 4.78 is 0. The van der Waals surface area contributed by atoms with Crippen LogP contribution >= 0.6 is 0 Å². The Morgan fingerprint density at radius 3 is 2.15 bits per heavy atom. The van der Waals surface area contributed by atoms with Crippen LogP contribution in [0.4, 0.5) is 0 Å². The summed E-state index contributed by atoms with van der Waals surface area (Å²) in [6, 6.07) is 0. The van der Waals surface area contributed by atoms with Gasteiger partial charge in [0.15, 0.2) is 0 Å². The molecule has 0 spiro atoms. The summed E-state index contributed by atoms with van der Waals surface area (Å²) in [5, 5.41) is 3.65. The van der Waals surface area contributed by atoms with Crippen molar-refractivity contribution in [3.8, 4) is 0 Å². The summed E-state index contributed by atoms with van der Waals surface area (Å²) in [6.45, 7) is 16.9. The van der Waals surface area contributed by atoms with Crippen molar-refractivity contribution in [2.75, 3.05) is 52.4 Å². The van der Waals surface area contributed by atoms with E-state index in [1.54, 1.807) is 0 Å². The minimum Gasteiger partial charge on any atom is -0.316 e. The van der Waals surface area contributed by atoms with Crippen LogP contribution in [0, 0.1) is 11.3 Å². The maximum Gasteiger partial charge on any atom is 0.0110 e. The number of hydrogen-bond donors (Lipinski definition) is 1. The van der Waals surface area contributed by atoms with Crippen LogP contribution in [0.1, 0.15) is 46.5 Å². The molecule has 118 valence electrons. The van der Waals surface area contributed by atoms with Gasteiger partial charge in [-0.2, -0.15) is 0 Å². The number of nitrogens with one attached hydrogen (secondary N) is 1. The molecule has 0 bridgehead atoms. The van der Waals surface area contributed by atoms with E-state index in [-0.39, 0.29) is 0 Å². The van der Waals surface area contributed by atoms with E-state index >= 15 is 0 Å². The van der Waals surface area contributed by atoms with Crippen LogP contribution in [0.3, 0.4) is 0 Å². The first-order chi connectivity index (χ1) is 9.67. The molecule has 1 saturated heterocycles. The molecular formula is C17H35N3. The van der Waals surface area contributed by atoms with Crippen LogP contribution in [0.25, 0.3) is 0 Å². The number of likely N-dealkylation sites (N-methyl/N-ethyl adjacent to an activating group) is 1. The Bertz CT molecular complexity index is 258. The summed E-state index contributed by atoms with van der Waals surface area (Å²) in [6.07, 6.45) is 5.71. The standard InChI is InChI=1S/C17H35N3/c1-4-18-14-17(8-6-16(3)7-9-17)15-20-12-10-19(5-2)11-13-20/h16,18H,4-15H2,1-3H3. The second-order valence-electron chi connectivity index (χ2n) is 7.17. The van der Waals surface area contributed by atoms with Gasteiger partial charge in [-0.3, -0.25) is 0 Å². The second-order valence-corrected chi connectivity index (χ2v) is 7.17. The summed E-state index contributed by atoms with van der Waals surface area (Å²) in [5.41, 5.74) is 0.552. The number of nitrogens with zero attached hydrogens (tertiary/aromatic N) is 2. The molecule has 1 saturated carbocycles. The first-order valence-corrected chi connectivity index (χ1v) is 8.83. The quantitative estimate of drug-likeness (QED) is 0.807. The third-order valence-electron chi connectivity index (χ3n) is 5.56. The van der Waals surface area contributed by atoms with E-state index in [0.717, 1.165) is 12.5 Å². The lowest BCUT2D eigenvalue weighted by atomic mass is 9.70. The maximum absolute atomic E-state index is 3.65. The maximum atomic E-state index is 3.65. The monoisotopic (exact) mass is 281 g/mol. The molecule has 0 unspecified atom stereocenters. The zero-order chi connectivity index (χ0) is 14.4. The molecule has 0 atom stereocenters. The van der Waals surface area contributed by atoms with Crippen molar-refractivity contribution >= 4 is 0 Å². The van der Waals surface area contributed by atoms with Gasteiger partial charge >= 0.3 is 0 Å². The fourth-order valence-corrected chi connectivity index (χ4v) is 3.89. The molecule has 0 aromatic rings. The van der Waals surface area contributed by atoms with Gasteiger partial charge in [0.05, 0.1) is 0 Å². The van der Waals surface area contributed by atoms with Crippen molar-refractivity contribution in [1.29, 1.82) is 0 Å². The average Bonchev–Trinajstić information content (AvgIpc) is 2.49. The molecule has 2 rings (SSSR count). The highest BCUT2D eigenvalue weighted by Gasteiger charge is 2.35. The van der Waals surface area contributed by atoms with Gasteiger partial charge in [-0.05, 0) is 37.3 Å². The van der Waals surface area contributed by atoms with Crippen molar-refractivity contribution < 1.29 is 0 Å². The van der Waals surface area contributed by atoms with Gasteiger partial charge < -0.3 is 15.1 Å². The lowest BCUT2D eigenvalue weighted by Gasteiger charge is -2.45. The summed E-state index contributed by atoms with van der Waals surface area (Å²) in [4.78, 5) is 5.32. The third-order valence-corrected chi connectivity index (χ3v) is 5.56. The molecule has 3 nitrogen and oxygen atoms in total. The highest BCUT2D eigenvalue weighted by Crippen LogP contribution is 2.39. The highest BCUT2D eigenvalue weighted by atomic mass is 15.3. The Morgan fingerprint density at radius 1 is 1.00 bits per heavy atom. The van der Waals surface area contributed by atoms with Crippen LogP contribution in [0.2, 0.25) is 0 Å². The summed E-state index contributed by atoms with van der Waals surface area (Å²) >= 11 is 0. The summed E-state index contributed by atoms with van der Waals surface area (Å²) in [5.74, 6) is 0.946. The van der Waals surface area contributed by atoms with Crippen molar-refractivity contribution in [3.63, 3.8) is 0 Å². The third kappa shape index (κ3) is 4.44. The zero-order valence-electron chi connectivity index (χ0n) is 14.0. The molecular weight excluding hydrogens is 246 g/mol. The molecule has 0 amide bonds. The van der Waals surface area contributed by atoms with Crippen LogP contribution in [0.5, 0.6) is 0 Å². The van der Waals surface area contributed by atoms with Crippen LogP contribution in [0.15, 0.2) is 0 Å². The molecule has 2 fully saturated rings. The average molecular weight is 281 g/mol. The smallest absolute Gasteiger partial charge is 0.0110 e. The Hall–Kier alpha value is -0.120. The van der Waals surface area contributed by atoms with Gasteiger partial charge in [0.2, 0.25) is 0 Å². The van der Waals surface area contributed by atoms with Gasteiger partial charge in [0.1, 0.15) is 0 Å². The number of piperazine rings is 1. The molecule has 3 heteroatoms. The molecule has 0 aromatic heterocycles. The van der Waals surface area contributed by atoms with Gasteiger partial charge in [-0.1, -0.05) is 33.6 Å². The molecule has 0 aromatic carbocycles. The van der Waals surface area contributed by atoms with Gasteiger partial charge in [0, 0.05) is 39.3 Å². The Balaban J connectivity index is 1.87. The normalized spacial score (nSPS) is 33.5. The second kappa shape index (κ2) is 7.77. The fraction of sp³-hybridized carbons (Fsp3) is 1.00. The molecule has 20 heavy (non-hydrogen) atoms. The van der Waals surface area contributed by atoms with Gasteiger partial charge in [-0.25, -0.2) is 0 Å². The van der Waals surface area contributed by atoms with Gasteiger partial charge in [0.25, 0.3) is 0 Å². The molecule has 0 radical (unpaired) electrons. The largest absolute Gasteiger partial charge is 0.316 e. The molecule has 1 aliphatic heterocycles. The predicted octanol–water partition coefficient (Wildman–Crippen LogP) is 2.43. The van der Waals surface area contributed by atoms with Crippen LogP contribution in [-0.4, -0.2) is 62.2 Å². The first kappa shape index (κ1) is 16.3. The minimum absolute atomic E-state index is 0.552. The zero-order valence-corrected chi connectivity index (χ0v) is 14.0. The van der Waals surface area contributed by atoms with Crippen molar-refractivity contribution in [1.82, 2.24) is 15.1 Å².